The minimum atomic E-state index is 0. The summed E-state index contributed by atoms with van der Waals surface area (Å²) in [6.07, 6.45) is 2.56. The van der Waals surface area contributed by atoms with E-state index in [0.29, 0.717) is 12.0 Å². The fourth-order valence-corrected chi connectivity index (χ4v) is 1.96. The number of halogens is 1. The maximum atomic E-state index is 5.69. The van der Waals surface area contributed by atoms with Gasteiger partial charge in [0.1, 0.15) is 0 Å². The van der Waals surface area contributed by atoms with Gasteiger partial charge in [-0.2, -0.15) is 0 Å². The quantitative estimate of drug-likeness (QED) is 0.711. The highest BCUT2D eigenvalue weighted by atomic mass is 35.5. The summed E-state index contributed by atoms with van der Waals surface area (Å²) in [5.74, 6) is 0.638. The van der Waals surface area contributed by atoms with Crippen LogP contribution in [0.1, 0.15) is 26.7 Å². The predicted octanol–water partition coefficient (Wildman–Crippen LogP) is 1.50. The Balaban J connectivity index is 0.00000196. The van der Waals surface area contributed by atoms with Gasteiger partial charge in [0.05, 0.1) is 6.61 Å². The molecule has 0 saturated carbocycles. The Morgan fingerprint density at radius 1 is 1.47 bits per heavy atom. The molecule has 0 bridgehead atoms. The summed E-state index contributed by atoms with van der Waals surface area (Å²) in [5, 5.41) is 0. The first kappa shape index (κ1) is 15.2. The van der Waals surface area contributed by atoms with Crippen LogP contribution in [0.25, 0.3) is 0 Å². The van der Waals surface area contributed by atoms with Gasteiger partial charge in [0.2, 0.25) is 0 Å². The standard InChI is InChI=1S/C11H24N2O.ClH/c1-10(2)9-14-7-6-13-5-3-4-11(13)8-12;/h10-11H,3-9,12H2,1-2H3;1H. The van der Waals surface area contributed by atoms with E-state index in [4.69, 9.17) is 10.5 Å². The van der Waals surface area contributed by atoms with E-state index in [-0.39, 0.29) is 12.4 Å². The molecule has 1 rings (SSSR count). The SMILES string of the molecule is CC(C)COCCN1CCCC1CN.Cl. The largest absolute Gasteiger partial charge is 0.380 e. The number of nitrogens with zero attached hydrogens (tertiary/aromatic N) is 1. The predicted molar refractivity (Wildman–Crippen MR) is 66.6 cm³/mol. The van der Waals surface area contributed by atoms with Gasteiger partial charge in [0, 0.05) is 25.7 Å². The average Bonchev–Trinajstić information content (AvgIpc) is 2.59. The van der Waals surface area contributed by atoms with Crippen LogP contribution < -0.4 is 5.73 Å². The van der Waals surface area contributed by atoms with Crippen molar-refractivity contribution >= 4 is 12.4 Å². The molecule has 0 spiro atoms. The normalized spacial score (nSPS) is 22.0. The van der Waals surface area contributed by atoms with Crippen LogP contribution in [0.3, 0.4) is 0 Å². The van der Waals surface area contributed by atoms with Crippen molar-refractivity contribution in [2.45, 2.75) is 32.7 Å². The van der Waals surface area contributed by atoms with Gasteiger partial charge in [0.15, 0.2) is 0 Å². The Morgan fingerprint density at radius 2 is 2.20 bits per heavy atom. The van der Waals surface area contributed by atoms with Gasteiger partial charge in [-0.15, -0.1) is 12.4 Å². The van der Waals surface area contributed by atoms with E-state index in [1.54, 1.807) is 0 Å². The van der Waals surface area contributed by atoms with E-state index >= 15 is 0 Å². The summed E-state index contributed by atoms with van der Waals surface area (Å²) in [7, 11) is 0. The lowest BCUT2D eigenvalue weighted by Crippen LogP contribution is -2.37. The summed E-state index contributed by atoms with van der Waals surface area (Å²) in [6.45, 7) is 9.14. The van der Waals surface area contributed by atoms with E-state index in [1.165, 1.54) is 19.4 Å². The van der Waals surface area contributed by atoms with E-state index in [0.717, 1.165) is 26.3 Å². The van der Waals surface area contributed by atoms with Gasteiger partial charge in [0.25, 0.3) is 0 Å². The van der Waals surface area contributed by atoms with Crippen LogP contribution in [-0.4, -0.2) is 43.8 Å². The lowest BCUT2D eigenvalue weighted by molar-refractivity contribution is 0.0829. The molecule has 92 valence electrons. The third-order valence-electron chi connectivity index (χ3n) is 2.75. The van der Waals surface area contributed by atoms with Crippen LogP contribution in [0.2, 0.25) is 0 Å². The molecule has 1 atom stereocenters. The van der Waals surface area contributed by atoms with Crippen molar-refractivity contribution in [2.75, 3.05) is 32.8 Å². The van der Waals surface area contributed by atoms with Gasteiger partial charge >= 0.3 is 0 Å². The Kier molecular flexibility index (Phi) is 8.43. The Morgan fingerprint density at radius 3 is 2.80 bits per heavy atom. The van der Waals surface area contributed by atoms with Gasteiger partial charge < -0.3 is 10.5 Å². The van der Waals surface area contributed by atoms with Crippen LogP contribution >= 0.6 is 12.4 Å². The summed E-state index contributed by atoms with van der Waals surface area (Å²) in [6, 6.07) is 0.609. The minimum absolute atomic E-state index is 0. The average molecular weight is 237 g/mol. The van der Waals surface area contributed by atoms with Crippen LogP contribution in [0.15, 0.2) is 0 Å². The van der Waals surface area contributed by atoms with Crippen molar-refractivity contribution < 1.29 is 4.74 Å². The number of likely N-dealkylation sites (tertiary alicyclic amines) is 1. The molecule has 1 unspecified atom stereocenters. The van der Waals surface area contributed by atoms with Crippen LogP contribution in [-0.2, 0) is 4.74 Å². The van der Waals surface area contributed by atoms with Gasteiger partial charge in [-0.3, -0.25) is 4.90 Å². The summed E-state index contributed by atoms with van der Waals surface area (Å²) in [4.78, 5) is 2.46. The monoisotopic (exact) mass is 236 g/mol. The molecule has 1 aliphatic rings. The van der Waals surface area contributed by atoms with Crippen molar-refractivity contribution in [1.29, 1.82) is 0 Å². The Labute approximate surface area is 99.7 Å². The molecule has 0 aromatic carbocycles. The molecule has 2 N–H and O–H groups in total. The number of hydrogen-bond donors (Lipinski definition) is 1. The van der Waals surface area contributed by atoms with E-state index in [9.17, 15) is 0 Å². The molecule has 1 saturated heterocycles. The van der Waals surface area contributed by atoms with Crippen molar-refractivity contribution in [3.8, 4) is 0 Å². The smallest absolute Gasteiger partial charge is 0.0593 e. The van der Waals surface area contributed by atoms with Crippen molar-refractivity contribution in [3.05, 3.63) is 0 Å². The first-order valence-electron chi connectivity index (χ1n) is 5.76. The second-order valence-electron chi connectivity index (χ2n) is 4.54. The third kappa shape index (κ3) is 5.71. The zero-order valence-corrected chi connectivity index (χ0v) is 10.8. The first-order valence-corrected chi connectivity index (χ1v) is 5.76. The lowest BCUT2D eigenvalue weighted by Gasteiger charge is -2.22. The summed E-state index contributed by atoms with van der Waals surface area (Å²) < 4.78 is 5.57. The molecular weight excluding hydrogens is 212 g/mol. The number of hydrogen-bond acceptors (Lipinski definition) is 3. The molecule has 15 heavy (non-hydrogen) atoms. The molecule has 0 aliphatic carbocycles. The number of ether oxygens (including phenoxy) is 1. The van der Waals surface area contributed by atoms with Crippen LogP contribution in [0.5, 0.6) is 0 Å². The molecule has 1 fully saturated rings. The second-order valence-corrected chi connectivity index (χ2v) is 4.54. The highest BCUT2D eigenvalue weighted by molar-refractivity contribution is 5.85. The number of rotatable bonds is 6. The van der Waals surface area contributed by atoms with Crippen molar-refractivity contribution in [3.63, 3.8) is 0 Å². The number of nitrogens with two attached hydrogens (primary N) is 1. The third-order valence-corrected chi connectivity index (χ3v) is 2.75. The first-order chi connectivity index (χ1) is 6.74. The molecule has 0 aromatic rings. The molecular formula is C11H25ClN2O. The topological polar surface area (TPSA) is 38.5 Å². The minimum Gasteiger partial charge on any atom is -0.380 e. The summed E-state index contributed by atoms with van der Waals surface area (Å²) >= 11 is 0. The van der Waals surface area contributed by atoms with Gasteiger partial charge in [-0.05, 0) is 25.3 Å². The molecule has 1 aliphatic heterocycles. The highest BCUT2D eigenvalue weighted by Gasteiger charge is 2.22. The summed E-state index contributed by atoms with van der Waals surface area (Å²) in [5.41, 5.74) is 5.69. The maximum Gasteiger partial charge on any atom is 0.0593 e. The zero-order chi connectivity index (χ0) is 10.4. The van der Waals surface area contributed by atoms with Gasteiger partial charge in [-0.25, -0.2) is 0 Å². The fraction of sp³-hybridized carbons (Fsp3) is 1.00. The molecule has 4 heteroatoms. The highest BCUT2D eigenvalue weighted by Crippen LogP contribution is 2.15. The Hall–Kier alpha value is 0.170. The fourth-order valence-electron chi connectivity index (χ4n) is 1.96. The van der Waals surface area contributed by atoms with E-state index in [1.807, 2.05) is 0 Å². The maximum absolute atomic E-state index is 5.69. The van der Waals surface area contributed by atoms with Crippen LogP contribution in [0, 0.1) is 5.92 Å². The zero-order valence-electron chi connectivity index (χ0n) is 9.95. The molecule has 0 radical (unpaired) electrons. The molecule has 0 amide bonds. The second kappa shape index (κ2) is 8.34. The molecule has 1 heterocycles. The van der Waals surface area contributed by atoms with E-state index in [2.05, 4.69) is 18.7 Å². The van der Waals surface area contributed by atoms with Crippen molar-refractivity contribution in [1.82, 2.24) is 4.90 Å². The van der Waals surface area contributed by atoms with E-state index < -0.39 is 0 Å². The van der Waals surface area contributed by atoms with Crippen molar-refractivity contribution in [2.24, 2.45) is 11.7 Å². The van der Waals surface area contributed by atoms with Crippen LogP contribution in [0.4, 0.5) is 0 Å². The van der Waals surface area contributed by atoms with Gasteiger partial charge in [-0.1, -0.05) is 13.8 Å². The Bertz CT molecular complexity index is 156. The molecule has 0 aromatic heterocycles. The molecule has 3 nitrogen and oxygen atoms in total. The lowest BCUT2D eigenvalue weighted by atomic mass is 10.2.